The summed E-state index contributed by atoms with van der Waals surface area (Å²) in [6, 6.07) is 5.70. The fraction of sp³-hybridized carbons (Fsp3) is 0.500. The predicted octanol–water partition coefficient (Wildman–Crippen LogP) is 4.63. The molecule has 1 atom stereocenters. The van der Waals surface area contributed by atoms with Crippen molar-refractivity contribution in [2.75, 3.05) is 27.4 Å². The summed E-state index contributed by atoms with van der Waals surface area (Å²) in [5, 5.41) is 0. The van der Waals surface area contributed by atoms with Crippen LogP contribution >= 0.6 is 0 Å². The van der Waals surface area contributed by atoms with Crippen LogP contribution in [0.4, 0.5) is 0 Å². The largest absolute Gasteiger partial charge is 0.469 e. The van der Waals surface area contributed by atoms with Crippen molar-refractivity contribution in [3.63, 3.8) is 0 Å². The number of carbonyl (C=O) groups excluding carboxylic acids is 2. The minimum absolute atomic E-state index is 0.0479. The Hall–Kier alpha value is -3.06. The van der Waals surface area contributed by atoms with Crippen molar-refractivity contribution in [2.24, 2.45) is 0 Å². The van der Waals surface area contributed by atoms with Gasteiger partial charge in [0, 0.05) is 55.2 Å². The predicted molar refractivity (Wildman–Crippen MR) is 131 cm³/mol. The molecule has 0 radical (unpaired) electrons. The number of methoxy groups -OCH3 is 2. The van der Waals surface area contributed by atoms with Crippen LogP contribution in [0.25, 0.3) is 6.08 Å². The van der Waals surface area contributed by atoms with Gasteiger partial charge in [0.05, 0.1) is 14.2 Å². The van der Waals surface area contributed by atoms with Crippen LogP contribution in [0.15, 0.2) is 24.3 Å². The van der Waals surface area contributed by atoms with E-state index >= 15 is 0 Å². The number of carbonyl (C=O) groups is 2. The second kappa shape index (κ2) is 16.5. The second-order valence-electron chi connectivity index (χ2n) is 7.78. The number of ether oxygens (including phenoxy) is 4. The molecule has 34 heavy (non-hydrogen) atoms. The smallest absolute Gasteiger partial charge is 0.330 e. The van der Waals surface area contributed by atoms with Gasteiger partial charge in [-0.1, -0.05) is 29.7 Å². The Kier molecular flexibility index (Phi) is 13.2. The van der Waals surface area contributed by atoms with E-state index in [9.17, 15) is 9.59 Å². The molecule has 2 rings (SSSR count). The lowest BCUT2D eigenvalue weighted by atomic mass is 10.00. The lowest BCUT2D eigenvalue weighted by molar-refractivity contribution is -0.162. The van der Waals surface area contributed by atoms with E-state index in [1.165, 1.54) is 26.7 Å². The van der Waals surface area contributed by atoms with E-state index in [2.05, 4.69) is 28.4 Å². The first kappa shape index (κ1) is 27.2. The molecular weight excluding hydrogens is 432 g/mol. The SMILES string of the molecule is COC(=O)/C=C/c1c(C#CCCCCOC2CCCCO2)cccc1C#CCCCC(=O)OC. The highest BCUT2D eigenvalue weighted by atomic mass is 16.7. The van der Waals surface area contributed by atoms with E-state index in [4.69, 9.17) is 14.2 Å². The molecular formula is C28H34O6. The molecule has 1 aliphatic heterocycles. The number of hydrogen-bond acceptors (Lipinski definition) is 6. The van der Waals surface area contributed by atoms with Gasteiger partial charge < -0.3 is 18.9 Å². The third-order valence-electron chi connectivity index (χ3n) is 5.19. The zero-order chi connectivity index (χ0) is 24.4. The summed E-state index contributed by atoms with van der Waals surface area (Å²) < 4.78 is 20.7. The number of benzene rings is 1. The van der Waals surface area contributed by atoms with E-state index in [1.807, 2.05) is 18.2 Å². The third-order valence-corrected chi connectivity index (χ3v) is 5.19. The number of unbranched alkanes of at least 4 members (excludes halogenated alkanes) is 3. The highest BCUT2D eigenvalue weighted by molar-refractivity contribution is 5.88. The molecule has 0 spiro atoms. The molecule has 0 amide bonds. The summed E-state index contributed by atoms with van der Waals surface area (Å²) >= 11 is 0. The quantitative estimate of drug-likeness (QED) is 0.217. The van der Waals surface area contributed by atoms with Crippen LogP contribution in [0.5, 0.6) is 0 Å². The average Bonchev–Trinajstić information content (AvgIpc) is 2.87. The number of esters is 2. The van der Waals surface area contributed by atoms with Gasteiger partial charge in [-0.2, -0.15) is 0 Å². The lowest BCUT2D eigenvalue weighted by Crippen LogP contribution is -2.22. The monoisotopic (exact) mass is 466 g/mol. The van der Waals surface area contributed by atoms with Gasteiger partial charge in [0.25, 0.3) is 0 Å². The van der Waals surface area contributed by atoms with Crippen molar-refractivity contribution < 1.29 is 28.5 Å². The molecule has 1 aliphatic rings. The maximum absolute atomic E-state index is 11.6. The Morgan fingerprint density at radius 2 is 1.76 bits per heavy atom. The van der Waals surface area contributed by atoms with Crippen molar-refractivity contribution in [1.82, 2.24) is 0 Å². The first-order valence-corrected chi connectivity index (χ1v) is 11.8. The van der Waals surface area contributed by atoms with Crippen molar-refractivity contribution in [3.8, 4) is 23.7 Å². The summed E-state index contributed by atoms with van der Waals surface area (Å²) in [4.78, 5) is 22.9. The molecule has 1 fully saturated rings. The van der Waals surface area contributed by atoms with Crippen molar-refractivity contribution in [1.29, 1.82) is 0 Å². The zero-order valence-corrected chi connectivity index (χ0v) is 20.2. The Balaban J connectivity index is 1.96. The maximum Gasteiger partial charge on any atom is 0.330 e. The zero-order valence-electron chi connectivity index (χ0n) is 20.2. The highest BCUT2D eigenvalue weighted by Crippen LogP contribution is 2.17. The minimum Gasteiger partial charge on any atom is -0.469 e. The van der Waals surface area contributed by atoms with Crippen LogP contribution in [0, 0.1) is 23.7 Å². The fourth-order valence-electron chi connectivity index (χ4n) is 3.29. The van der Waals surface area contributed by atoms with Crippen LogP contribution in [0.3, 0.4) is 0 Å². The molecule has 1 unspecified atom stereocenters. The van der Waals surface area contributed by atoms with Gasteiger partial charge in [0.15, 0.2) is 6.29 Å². The number of hydrogen-bond donors (Lipinski definition) is 0. The van der Waals surface area contributed by atoms with E-state index in [-0.39, 0.29) is 12.3 Å². The Bertz CT molecular complexity index is 935. The van der Waals surface area contributed by atoms with Crippen molar-refractivity contribution in [3.05, 3.63) is 41.0 Å². The minimum atomic E-state index is -0.443. The van der Waals surface area contributed by atoms with E-state index in [0.717, 1.165) is 55.4 Å². The Labute approximate surface area is 203 Å². The molecule has 0 aromatic heterocycles. The Morgan fingerprint density at radius 1 is 1.03 bits per heavy atom. The third kappa shape index (κ3) is 10.7. The van der Waals surface area contributed by atoms with Crippen LogP contribution in [-0.2, 0) is 28.5 Å². The summed E-state index contributed by atoms with van der Waals surface area (Å²) in [6.45, 7) is 1.47. The molecule has 182 valence electrons. The van der Waals surface area contributed by atoms with Crippen molar-refractivity contribution in [2.45, 2.75) is 64.1 Å². The summed E-state index contributed by atoms with van der Waals surface area (Å²) in [5.74, 6) is 12.0. The highest BCUT2D eigenvalue weighted by Gasteiger charge is 2.13. The van der Waals surface area contributed by atoms with Gasteiger partial charge in [-0.15, -0.1) is 0 Å². The molecule has 0 saturated carbocycles. The van der Waals surface area contributed by atoms with Gasteiger partial charge in [-0.05, 0) is 56.7 Å². The summed E-state index contributed by atoms with van der Waals surface area (Å²) in [5.41, 5.74) is 2.35. The lowest BCUT2D eigenvalue weighted by Gasteiger charge is -2.22. The summed E-state index contributed by atoms with van der Waals surface area (Å²) in [6.07, 6.45) is 10.4. The normalized spacial score (nSPS) is 15.1. The molecule has 1 saturated heterocycles. The van der Waals surface area contributed by atoms with Gasteiger partial charge in [-0.3, -0.25) is 4.79 Å². The second-order valence-corrected chi connectivity index (χ2v) is 7.78. The standard InChI is InChI=1S/C28H34O6/c1-31-26(29)17-8-5-7-14-24-16-12-15-23(25(24)19-20-27(30)32-2)13-6-3-4-10-21-33-28-18-9-11-22-34-28/h12,15-16,19-20,28H,3-5,8-11,17-18,21-22H2,1-2H3/b20-19+. The molecule has 6 nitrogen and oxygen atoms in total. The molecule has 0 bridgehead atoms. The van der Waals surface area contributed by atoms with Crippen LogP contribution in [0.1, 0.15) is 74.5 Å². The topological polar surface area (TPSA) is 71.1 Å². The van der Waals surface area contributed by atoms with E-state index in [0.29, 0.717) is 25.9 Å². The average molecular weight is 467 g/mol. The molecule has 1 aromatic carbocycles. The van der Waals surface area contributed by atoms with Crippen LogP contribution < -0.4 is 0 Å². The first-order valence-electron chi connectivity index (χ1n) is 11.8. The van der Waals surface area contributed by atoms with Crippen molar-refractivity contribution >= 4 is 18.0 Å². The number of rotatable bonds is 10. The molecule has 6 heteroatoms. The summed E-state index contributed by atoms with van der Waals surface area (Å²) in [7, 11) is 2.71. The maximum atomic E-state index is 11.6. The molecule has 1 heterocycles. The van der Waals surface area contributed by atoms with E-state index in [1.54, 1.807) is 6.08 Å². The van der Waals surface area contributed by atoms with Gasteiger partial charge in [0.2, 0.25) is 0 Å². The van der Waals surface area contributed by atoms with Gasteiger partial charge >= 0.3 is 11.9 Å². The Morgan fingerprint density at radius 3 is 2.41 bits per heavy atom. The van der Waals surface area contributed by atoms with Gasteiger partial charge in [0.1, 0.15) is 0 Å². The van der Waals surface area contributed by atoms with Gasteiger partial charge in [-0.25, -0.2) is 4.79 Å². The molecule has 1 aromatic rings. The van der Waals surface area contributed by atoms with Crippen LogP contribution in [-0.4, -0.2) is 45.7 Å². The fourth-order valence-corrected chi connectivity index (χ4v) is 3.29. The molecule has 0 aliphatic carbocycles. The molecule has 0 N–H and O–H groups in total. The van der Waals surface area contributed by atoms with E-state index < -0.39 is 5.97 Å². The van der Waals surface area contributed by atoms with Crippen LogP contribution in [0.2, 0.25) is 0 Å². The first-order chi connectivity index (χ1) is 16.6.